The molecular weight excluding hydrogens is 299 g/mol. The van der Waals surface area contributed by atoms with Crippen LogP contribution in [0, 0.1) is 5.82 Å². The lowest BCUT2D eigenvalue weighted by Crippen LogP contribution is -2.52. The van der Waals surface area contributed by atoms with E-state index < -0.39 is 23.2 Å². The van der Waals surface area contributed by atoms with Crippen LogP contribution < -0.4 is 5.32 Å². The third-order valence-corrected chi connectivity index (χ3v) is 3.74. The number of rotatable bonds is 4. The van der Waals surface area contributed by atoms with Crippen LogP contribution in [0.5, 0.6) is 0 Å². The minimum absolute atomic E-state index is 0.0158. The van der Waals surface area contributed by atoms with Gasteiger partial charge in [0.15, 0.2) is 0 Å². The molecule has 0 unspecified atom stereocenters. The molecule has 7 heteroatoms. The van der Waals surface area contributed by atoms with Gasteiger partial charge in [-0.1, -0.05) is 11.6 Å². The summed E-state index contributed by atoms with van der Waals surface area (Å²) < 4.78 is 13.2. The topological polar surface area (TPSA) is 69.6 Å². The molecule has 1 aromatic rings. The Hall–Kier alpha value is -1.66. The molecular formula is C14H16ClFN2O3. The van der Waals surface area contributed by atoms with Crippen molar-refractivity contribution in [2.75, 3.05) is 13.1 Å². The van der Waals surface area contributed by atoms with E-state index in [9.17, 15) is 19.1 Å². The number of benzene rings is 1. The fraction of sp³-hybridized carbons (Fsp3) is 0.429. The summed E-state index contributed by atoms with van der Waals surface area (Å²) in [7, 11) is 0. The molecule has 0 aliphatic carbocycles. The van der Waals surface area contributed by atoms with Crippen molar-refractivity contribution in [3.8, 4) is 0 Å². The van der Waals surface area contributed by atoms with Crippen molar-refractivity contribution in [2.24, 2.45) is 0 Å². The Bertz CT molecular complexity index is 561. The van der Waals surface area contributed by atoms with E-state index >= 15 is 0 Å². The highest BCUT2D eigenvalue weighted by Crippen LogP contribution is 2.23. The zero-order valence-corrected chi connectivity index (χ0v) is 12.3. The van der Waals surface area contributed by atoms with Gasteiger partial charge >= 0.3 is 0 Å². The number of amides is 2. The van der Waals surface area contributed by atoms with Gasteiger partial charge in [0.05, 0.1) is 0 Å². The standard InChI is InChI=1S/C14H16ClFN2O3/c1-2-18-4-3-14(21,13(18)20)12(19)17-8-9-5-10(15)7-11(16)6-9/h5-7,21H,2-4,8H2,1H3,(H,17,19)/t14-/m0/s1. The minimum atomic E-state index is -2.03. The van der Waals surface area contributed by atoms with E-state index in [-0.39, 0.29) is 18.0 Å². The molecule has 1 fully saturated rings. The molecule has 2 amide bonds. The highest BCUT2D eigenvalue weighted by atomic mass is 35.5. The van der Waals surface area contributed by atoms with Crippen LogP contribution in [-0.4, -0.2) is 40.5 Å². The van der Waals surface area contributed by atoms with Crippen molar-refractivity contribution in [1.82, 2.24) is 10.2 Å². The van der Waals surface area contributed by atoms with Crippen molar-refractivity contribution in [2.45, 2.75) is 25.5 Å². The van der Waals surface area contributed by atoms with Crippen molar-refractivity contribution < 1.29 is 19.1 Å². The summed E-state index contributed by atoms with van der Waals surface area (Å²) in [5.74, 6) is -1.89. The number of aliphatic hydroxyl groups is 1. The van der Waals surface area contributed by atoms with Gasteiger partial charge in [0, 0.05) is 31.1 Å². The van der Waals surface area contributed by atoms with Gasteiger partial charge in [-0.15, -0.1) is 0 Å². The summed E-state index contributed by atoms with van der Waals surface area (Å²) in [5.41, 5.74) is -1.58. The fourth-order valence-electron chi connectivity index (χ4n) is 2.32. The van der Waals surface area contributed by atoms with E-state index in [1.54, 1.807) is 6.92 Å². The summed E-state index contributed by atoms with van der Waals surface area (Å²) in [4.78, 5) is 25.4. The molecule has 1 aliphatic rings. The maximum Gasteiger partial charge on any atom is 0.264 e. The van der Waals surface area contributed by atoms with Gasteiger partial charge in [-0.2, -0.15) is 0 Å². The molecule has 21 heavy (non-hydrogen) atoms. The summed E-state index contributed by atoms with van der Waals surface area (Å²) >= 11 is 5.72. The number of likely N-dealkylation sites (tertiary alicyclic amines) is 1. The van der Waals surface area contributed by atoms with Crippen molar-refractivity contribution in [3.63, 3.8) is 0 Å². The van der Waals surface area contributed by atoms with Gasteiger partial charge in [0.25, 0.3) is 11.8 Å². The van der Waals surface area contributed by atoms with Gasteiger partial charge in [0.1, 0.15) is 5.82 Å². The monoisotopic (exact) mass is 314 g/mol. The molecule has 0 saturated carbocycles. The Morgan fingerprint density at radius 3 is 2.81 bits per heavy atom. The molecule has 0 radical (unpaired) electrons. The number of nitrogens with zero attached hydrogens (tertiary/aromatic N) is 1. The van der Waals surface area contributed by atoms with Crippen LogP contribution in [0.2, 0.25) is 5.02 Å². The van der Waals surface area contributed by atoms with E-state index in [0.29, 0.717) is 18.7 Å². The van der Waals surface area contributed by atoms with E-state index in [1.807, 2.05) is 0 Å². The van der Waals surface area contributed by atoms with Gasteiger partial charge < -0.3 is 15.3 Å². The molecule has 2 rings (SSSR count). The second kappa shape index (κ2) is 5.99. The van der Waals surface area contributed by atoms with Gasteiger partial charge in [-0.05, 0) is 30.7 Å². The van der Waals surface area contributed by atoms with E-state index in [0.717, 1.165) is 6.07 Å². The number of hydrogen-bond donors (Lipinski definition) is 2. The third-order valence-electron chi connectivity index (χ3n) is 3.52. The smallest absolute Gasteiger partial charge is 0.264 e. The normalized spacial score (nSPS) is 21.7. The summed E-state index contributed by atoms with van der Waals surface area (Å²) in [6, 6.07) is 3.88. The van der Waals surface area contributed by atoms with Crippen LogP contribution in [0.15, 0.2) is 18.2 Å². The number of carbonyl (C=O) groups excluding carboxylic acids is 2. The molecule has 2 N–H and O–H groups in total. The first kappa shape index (κ1) is 15.7. The third kappa shape index (κ3) is 3.16. The van der Waals surface area contributed by atoms with Crippen LogP contribution in [0.3, 0.4) is 0 Å². The van der Waals surface area contributed by atoms with Crippen LogP contribution >= 0.6 is 11.6 Å². The van der Waals surface area contributed by atoms with Gasteiger partial charge in [0.2, 0.25) is 5.60 Å². The summed E-state index contributed by atoms with van der Waals surface area (Å²) in [5, 5.41) is 12.9. The molecule has 0 bridgehead atoms. The lowest BCUT2D eigenvalue weighted by molar-refractivity contribution is -0.154. The van der Waals surface area contributed by atoms with Gasteiger partial charge in [-0.25, -0.2) is 4.39 Å². The van der Waals surface area contributed by atoms with Crippen LogP contribution in [0.1, 0.15) is 18.9 Å². The average Bonchev–Trinajstić information content (AvgIpc) is 2.72. The Morgan fingerprint density at radius 2 is 2.24 bits per heavy atom. The molecule has 114 valence electrons. The zero-order valence-electron chi connectivity index (χ0n) is 11.5. The van der Waals surface area contributed by atoms with E-state index in [1.165, 1.54) is 17.0 Å². The molecule has 0 aromatic heterocycles. The van der Waals surface area contributed by atoms with E-state index in [2.05, 4.69) is 5.32 Å². The number of carbonyl (C=O) groups is 2. The van der Waals surface area contributed by atoms with Crippen molar-refractivity contribution >= 4 is 23.4 Å². The fourth-order valence-corrected chi connectivity index (χ4v) is 2.57. The Kier molecular flexibility index (Phi) is 4.49. The molecule has 1 aliphatic heterocycles. The lowest BCUT2D eigenvalue weighted by atomic mass is 10.0. The molecule has 1 atom stereocenters. The highest BCUT2D eigenvalue weighted by molar-refractivity contribution is 6.30. The predicted octanol–water partition coefficient (Wildman–Crippen LogP) is 1.08. The SMILES string of the molecule is CCN1CC[C@](O)(C(=O)NCc2cc(F)cc(Cl)c2)C1=O. The predicted molar refractivity (Wildman–Crippen MR) is 75.1 cm³/mol. The second-order valence-corrected chi connectivity index (χ2v) is 5.39. The first-order valence-corrected chi connectivity index (χ1v) is 6.99. The molecule has 1 aromatic carbocycles. The first-order valence-electron chi connectivity index (χ1n) is 6.62. The molecule has 0 spiro atoms. The lowest BCUT2D eigenvalue weighted by Gasteiger charge is -2.20. The van der Waals surface area contributed by atoms with Crippen LogP contribution in [-0.2, 0) is 16.1 Å². The van der Waals surface area contributed by atoms with Crippen molar-refractivity contribution in [3.05, 3.63) is 34.6 Å². The Morgan fingerprint density at radius 1 is 1.52 bits per heavy atom. The van der Waals surface area contributed by atoms with Crippen LogP contribution in [0.4, 0.5) is 4.39 Å². The quantitative estimate of drug-likeness (QED) is 0.817. The molecule has 1 heterocycles. The minimum Gasteiger partial charge on any atom is -0.372 e. The largest absolute Gasteiger partial charge is 0.372 e. The average molecular weight is 315 g/mol. The van der Waals surface area contributed by atoms with Gasteiger partial charge in [-0.3, -0.25) is 9.59 Å². The number of hydrogen-bond acceptors (Lipinski definition) is 3. The zero-order chi connectivity index (χ0) is 15.6. The number of likely N-dealkylation sites (N-methyl/N-ethyl adjacent to an activating group) is 1. The summed E-state index contributed by atoms with van der Waals surface area (Å²) in [6.45, 7) is 2.54. The first-order chi connectivity index (χ1) is 9.86. The maximum atomic E-state index is 13.2. The van der Waals surface area contributed by atoms with E-state index in [4.69, 9.17) is 11.6 Å². The Labute approximate surface area is 126 Å². The van der Waals surface area contributed by atoms with Crippen LogP contribution in [0.25, 0.3) is 0 Å². The molecule has 5 nitrogen and oxygen atoms in total. The number of nitrogens with one attached hydrogen (secondary N) is 1. The van der Waals surface area contributed by atoms with Crippen molar-refractivity contribution in [1.29, 1.82) is 0 Å². The maximum absolute atomic E-state index is 13.2. The highest BCUT2D eigenvalue weighted by Gasteiger charge is 2.50. The second-order valence-electron chi connectivity index (χ2n) is 4.96. The summed E-state index contributed by atoms with van der Waals surface area (Å²) in [6.07, 6.45) is 0.0510. The molecule has 1 saturated heterocycles. The number of halogens is 2. The Balaban J connectivity index is 2.03.